The summed E-state index contributed by atoms with van der Waals surface area (Å²) in [6, 6.07) is 11.2. The Hall–Kier alpha value is -2.18. The molecule has 1 saturated heterocycles. The van der Waals surface area contributed by atoms with Crippen molar-refractivity contribution in [3.8, 4) is 0 Å². The molecule has 1 unspecified atom stereocenters. The van der Waals surface area contributed by atoms with Gasteiger partial charge in [0.2, 0.25) is 0 Å². The van der Waals surface area contributed by atoms with E-state index in [1.54, 1.807) is 6.20 Å². The van der Waals surface area contributed by atoms with Gasteiger partial charge in [-0.15, -0.1) is 0 Å². The first-order valence-electron chi connectivity index (χ1n) is 9.83. The third-order valence-corrected chi connectivity index (χ3v) is 5.29. The molecule has 1 aliphatic rings. The van der Waals surface area contributed by atoms with Crippen molar-refractivity contribution in [1.29, 1.82) is 0 Å². The molecule has 1 N–H and O–H groups in total. The van der Waals surface area contributed by atoms with E-state index in [4.69, 9.17) is 4.74 Å². The van der Waals surface area contributed by atoms with Crippen LogP contribution in [0.4, 0.5) is 0 Å². The van der Waals surface area contributed by atoms with Gasteiger partial charge in [-0.05, 0) is 45.3 Å². The molecule has 1 aromatic carbocycles. The molecule has 0 spiro atoms. The number of benzene rings is 1. The summed E-state index contributed by atoms with van der Waals surface area (Å²) in [7, 11) is 2.22. The molecule has 1 aromatic heterocycles. The maximum Gasteiger partial charge on any atom is 0.356 e. The topological polar surface area (TPSA) is 61.5 Å². The number of rotatable bonds is 8. The lowest BCUT2D eigenvalue weighted by Crippen LogP contribution is -2.46. The second-order valence-corrected chi connectivity index (χ2v) is 7.24. The number of carbonyl (C=O) groups is 1. The molecule has 0 aliphatic carbocycles. The first-order chi connectivity index (χ1) is 13.2. The highest BCUT2D eigenvalue weighted by Crippen LogP contribution is 2.19. The largest absolute Gasteiger partial charge is 0.461 e. The van der Waals surface area contributed by atoms with E-state index >= 15 is 0 Å². The molecule has 1 aliphatic heterocycles. The van der Waals surface area contributed by atoms with Crippen molar-refractivity contribution < 1.29 is 9.53 Å². The predicted molar refractivity (Wildman–Crippen MR) is 106 cm³/mol. The maximum absolute atomic E-state index is 12.0. The number of nitrogens with zero attached hydrogens (tertiary/aromatic N) is 3. The van der Waals surface area contributed by atoms with Gasteiger partial charge in [-0.3, -0.25) is 10.00 Å². The van der Waals surface area contributed by atoms with Crippen molar-refractivity contribution in [1.82, 2.24) is 20.0 Å². The van der Waals surface area contributed by atoms with Crippen molar-refractivity contribution in [3.63, 3.8) is 0 Å². The van der Waals surface area contributed by atoms with Gasteiger partial charge in [0.1, 0.15) is 5.69 Å². The Balaban J connectivity index is 1.53. The van der Waals surface area contributed by atoms with Crippen molar-refractivity contribution in [2.24, 2.45) is 0 Å². The van der Waals surface area contributed by atoms with Crippen LogP contribution < -0.4 is 0 Å². The summed E-state index contributed by atoms with van der Waals surface area (Å²) in [5.74, 6) is -0.321. The van der Waals surface area contributed by atoms with E-state index in [0.717, 1.165) is 38.2 Å². The Morgan fingerprint density at radius 1 is 1.37 bits per heavy atom. The fraction of sp³-hybridized carbons (Fsp3) is 0.524. The lowest BCUT2D eigenvalue weighted by molar-refractivity contribution is 0.0515. The molecule has 1 atom stereocenters. The minimum atomic E-state index is -0.321. The number of likely N-dealkylation sites (N-methyl/N-ethyl adjacent to an activating group) is 1. The van der Waals surface area contributed by atoms with E-state index in [1.807, 2.05) is 6.92 Å². The van der Waals surface area contributed by atoms with Crippen LogP contribution in [0, 0.1) is 0 Å². The van der Waals surface area contributed by atoms with Crippen LogP contribution in [0.2, 0.25) is 0 Å². The summed E-state index contributed by atoms with van der Waals surface area (Å²) < 4.78 is 5.11. The lowest BCUT2D eigenvalue weighted by Gasteiger charge is -2.37. The van der Waals surface area contributed by atoms with Crippen LogP contribution in [0.5, 0.6) is 0 Å². The van der Waals surface area contributed by atoms with Gasteiger partial charge >= 0.3 is 5.97 Å². The molecule has 0 amide bonds. The fourth-order valence-electron chi connectivity index (χ4n) is 3.72. The number of nitrogens with one attached hydrogen (secondary N) is 1. The minimum absolute atomic E-state index is 0.321. The minimum Gasteiger partial charge on any atom is -0.461 e. The molecule has 0 saturated carbocycles. The predicted octanol–water partition coefficient (Wildman–Crippen LogP) is 2.73. The third kappa shape index (κ3) is 5.40. The number of piperidine rings is 1. The number of hydrogen-bond acceptors (Lipinski definition) is 5. The Kier molecular flexibility index (Phi) is 7.01. The smallest absolute Gasteiger partial charge is 0.356 e. The van der Waals surface area contributed by atoms with Crippen LogP contribution in [-0.4, -0.2) is 65.3 Å². The number of aromatic amines is 1. The van der Waals surface area contributed by atoms with Gasteiger partial charge in [0, 0.05) is 31.2 Å². The quantitative estimate of drug-likeness (QED) is 0.724. The molecule has 2 heterocycles. The van der Waals surface area contributed by atoms with Gasteiger partial charge < -0.3 is 9.64 Å². The van der Waals surface area contributed by atoms with Crippen LogP contribution in [0.15, 0.2) is 36.5 Å². The molecule has 6 heteroatoms. The maximum atomic E-state index is 12.0. The van der Waals surface area contributed by atoms with Crippen molar-refractivity contribution in [2.45, 2.75) is 38.8 Å². The molecular formula is C21H30N4O2. The van der Waals surface area contributed by atoms with Crippen LogP contribution in [0.25, 0.3) is 0 Å². The Labute approximate surface area is 161 Å². The van der Waals surface area contributed by atoms with Crippen LogP contribution in [0.3, 0.4) is 0 Å². The zero-order valence-electron chi connectivity index (χ0n) is 16.4. The molecule has 3 rings (SSSR count). The van der Waals surface area contributed by atoms with Crippen LogP contribution >= 0.6 is 0 Å². The average Bonchev–Trinajstić information content (AvgIpc) is 3.15. The SMILES string of the molecule is CCOC(=O)c1[nH]ncc1CN1CCCC(N(C)CCc2ccccc2)C1. The molecule has 2 aromatic rings. The van der Waals surface area contributed by atoms with Crippen molar-refractivity contribution >= 4 is 5.97 Å². The molecule has 0 bridgehead atoms. The number of ether oxygens (including phenoxy) is 1. The summed E-state index contributed by atoms with van der Waals surface area (Å²) >= 11 is 0. The summed E-state index contributed by atoms with van der Waals surface area (Å²) in [6.45, 7) is 6.04. The van der Waals surface area contributed by atoms with Gasteiger partial charge in [-0.25, -0.2) is 4.79 Å². The number of aromatic nitrogens is 2. The average molecular weight is 370 g/mol. The Morgan fingerprint density at radius 2 is 2.19 bits per heavy atom. The zero-order chi connectivity index (χ0) is 19.1. The van der Waals surface area contributed by atoms with E-state index in [0.29, 0.717) is 18.3 Å². The summed E-state index contributed by atoms with van der Waals surface area (Å²) in [5.41, 5.74) is 2.78. The molecule has 6 nitrogen and oxygen atoms in total. The first kappa shape index (κ1) is 19.6. The molecule has 146 valence electrons. The van der Waals surface area contributed by atoms with Gasteiger partial charge in [0.25, 0.3) is 0 Å². The van der Waals surface area contributed by atoms with E-state index < -0.39 is 0 Å². The standard InChI is InChI=1S/C21H30N4O2/c1-3-27-21(26)20-18(14-22-23-20)15-25-12-7-10-19(16-25)24(2)13-11-17-8-5-4-6-9-17/h4-6,8-9,14,19H,3,7,10-13,15-16H2,1-2H3,(H,22,23). The second-order valence-electron chi connectivity index (χ2n) is 7.24. The number of hydrogen-bond donors (Lipinski definition) is 1. The van der Waals surface area contributed by atoms with Crippen molar-refractivity contribution in [3.05, 3.63) is 53.3 Å². The molecule has 0 radical (unpaired) electrons. The van der Waals surface area contributed by atoms with E-state index in [2.05, 4.69) is 57.4 Å². The highest BCUT2D eigenvalue weighted by molar-refractivity contribution is 5.88. The molecular weight excluding hydrogens is 340 g/mol. The van der Waals surface area contributed by atoms with Crippen LogP contribution in [-0.2, 0) is 17.7 Å². The monoisotopic (exact) mass is 370 g/mol. The molecule has 27 heavy (non-hydrogen) atoms. The van der Waals surface area contributed by atoms with E-state index in [9.17, 15) is 4.79 Å². The molecule has 1 fully saturated rings. The lowest BCUT2D eigenvalue weighted by atomic mass is 10.0. The number of carbonyl (C=O) groups excluding carboxylic acids is 1. The normalized spacial score (nSPS) is 18.0. The fourth-order valence-corrected chi connectivity index (χ4v) is 3.72. The highest BCUT2D eigenvalue weighted by atomic mass is 16.5. The first-order valence-corrected chi connectivity index (χ1v) is 9.83. The Bertz CT molecular complexity index is 716. The summed E-state index contributed by atoms with van der Waals surface area (Å²) in [6.07, 6.45) is 5.21. The third-order valence-electron chi connectivity index (χ3n) is 5.29. The number of H-pyrrole nitrogens is 1. The van der Waals surface area contributed by atoms with E-state index in [1.165, 1.54) is 18.4 Å². The summed E-state index contributed by atoms with van der Waals surface area (Å²) in [4.78, 5) is 16.9. The van der Waals surface area contributed by atoms with Gasteiger partial charge in [0.05, 0.1) is 12.8 Å². The highest BCUT2D eigenvalue weighted by Gasteiger charge is 2.25. The van der Waals surface area contributed by atoms with E-state index in [-0.39, 0.29) is 5.97 Å². The van der Waals surface area contributed by atoms with Gasteiger partial charge in [-0.1, -0.05) is 30.3 Å². The van der Waals surface area contributed by atoms with Gasteiger partial charge in [-0.2, -0.15) is 5.10 Å². The second kappa shape index (κ2) is 9.67. The summed E-state index contributed by atoms with van der Waals surface area (Å²) in [5, 5.41) is 6.84. The van der Waals surface area contributed by atoms with Crippen molar-refractivity contribution in [2.75, 3.05) is 33.3 Å². The number of esters is 1. The van der Waals surface area contributed by atoms with Gasteiger partial charge in [0.15, 0.2) is 0 Å². The van der Waals surface area contributed by atoms with Crippen LogP contribution in [0.1, 0.15) is 41.4 Å². The Morgan fingerprint density at radius 3 is 2.96 bits per heavy atom. The number of likely N-dealkylation sites (tertiary alicyclic amines) is 1. The zero-order valence-corrected chi connectivity index (χ0v) is 16.4.